The van der Waals surface area contributed by atoms with Crippen molar-refractivity contribution in [1.29, 1.82) is 0 Å². The summed E-state index contributed by atoms with van der Waals surface area (Å²) in [4.78, 5) is 14.0. The largest absolute Gasteiger partial charge is 0.378 e. The van der Waals surface area contributed by atoms with Crippen molar-refractivity contribution in [1.82, 2.24) is 10.2 Å². The van der Waals surface area contributed by atoms with Crippen LogP contribution in [0.3, 0.4) is 0 Å². The minimum atomic E-state index is -0.637. The molecule has 0 aliphatic heterocycles. The summed E-state index contributed by atoms with van der Waals surface area (Å²) in [6.45, 7) is 2.69. The second-order valence-electron chi connectivity index (χ2n) is 5.39. The van der Waals surface area contributed by atoms with E-state index >= 15 is 0 Å². The van der Waals surface area contributed by atoms with Crippen molar-refractivity contribution in [2.45, 2.75) is 37.6 Å². The number of nitrogens with two attached hydrogens (primary N) is 1. The lowest BCUT2D eigenvalue weighted by atomic mass is 9.82. The molecule has 0 aromatic rings. The zero-order valence-corrected chi connectivity index (χ0v) is 11.7. The standard InChI is InChI=1S/C13H27N3O2/c1-16(2)9-11-18-10-8-15-12(17)13(14)6-4-3-5-7-13/h3-11,14H2,1-2H3,(H,15,17). The number of rotatable bonds is 7. The Balaban J connectivity index is 2.09. The first-order chi connectivity index (χ1) is 8.54. The van der Waals surface area contributed by atoms with Gasteiger partial charge in [-0.05, 0) is 26.9 Å². The lowest BCUT2D eigenvalue weighted by Gasteiger charge is -2.31. The summed E-state index contributed by atoms with van der Waals surface area (Å²) < 4.78 is 5.42. The Bertz CT molecular complexity index is 251. The minimum Gasteiger partial charge on any atom is -0.378 e. The summed E-state index contributed by atoms with van der Waals surface area (Å²) in [5.41, 5.74) is 5.49. The number of nitrogens with zero attached hydrogens (tertiary/aromatic N) is 1. The Kier molecular flexibility index (Phi) is 6.60. The quantitative estimate of drug-likeness (QED) is 0.646. The first kappa shape index (κ1) is 15.4. The van der Waals surface area contributed by atoms with E-state index in [4.69, 9.17) is 10.5 Å². The minimum absolute atomic E-state index is 0.0154. The van der Waals surface area contributed by atoms with Crippen LogP contribution in [0.4, 0.5) is 0 Å². The van der Waals surface area contributed by atoms with Crippen molar-refractivity contribution < 1.29 is 9.53 Å². The number of hydrogen-bond donors (Lipinski definition) is 2. The summed E-state index contributed by atoms with van der Waals surface area (Å²) in [5.74, 6) is -0.0154. The maximum atomic E-state index is 12.0. The third-order valence-electron chi connectivity index (χ3n) is 3.41. The Labute approximate surface area is 110 Å². The van der Waals surface area contributed by atoms with E-state index in [-0.39, 0.29) is 5.91 Å². The van der Waals surface area contributed by atoms with Crippen LogP contribution in [0.5, 0.6) is 0 Å². The van der Waals surface area contributed by atoms with Crippen LogP contribution in [0.2, 0.25) is 0 Å². The first-order valence-electron chi connectivity index (χ1n) is 6.84. The van der Waals surface area contributed by atoms with Crippen molar-refractivity contribution >= 4 is 5.91 Å². The van der Waals surface area contributed by atoms with E-state index in [9.17, 15) is 4.79 Å². The molecular formula is C13H27N3O2. The summed E-state index contributed by atoms with van der Waals surface area (Å²) in [6.07, 6.45) is 4.92. The Morgan fingerprint density at radius 2 is 1.94 bits per heavy atom. The first-order valence-corrected chi connectivity index (χ1v) is 6.84. The molecule has 0 heterocycles. The van der Waals surface area contributed by atoms with Gasteiger partial charge in [0.2, 0.25) is 5.91 Å². The molecule has 0 unspecified atom stereocenters. The predicted molar refractivity (Wildman–Crippen MR) is 72.4 cm³/mol. The van der Waals surface area contributed by atoms with Crippen molar-refractivity contribution in [2.24, 2.45) is 5.73 Å². The molecule has 1 aliphatic rings. The molecule has 0 aromatic heterocycles. The highest BCUT2D eigenvalue weighted by atomic mass is 16.5. The molecule has 1 aliphatic carbocycles. The van der Waals surface area contributed by atoms with Crippen LogP contribution in [-0.2, 0) is 9.53 Å². The van der Waals surface area contributed by atoms with Crippen LogP contribution in [-0.4, -0.2) is 56.7 Å². The average molecular weight is 257 g/mol. The van der Waals surface area contributed by atoms with Gasteiger partial charge in [-0.2, -0.15) is 0 Å². The maximum Gasteiger partial charge on any atom is 0.240 e. The predicted octanol–water partition coefficient (Wildman–Crippen LogP) is 0.342. The maximum absolute atomic E-state index is 12.0. The molecule has 0 aromatic carbocycles. The summed E-state index contributed by atoms with van der Waals surface area (Å²) in [5, 5.41) is 2.88. The van der Waals surface area contributed by atoms with Crippen LogP contribution < -0.4 is 11.1 Å². The second kappa shape index (κ2) is 7.71. The second-order valence-corrected chi connectivity index (χ2v) is 5.39. The van der Waals surface area contributed by atoms with Gasteiger partial charge in [0.25, 0.3) is 0 Å². The smallest absolute Gasteiger partial charge is 0.240 e. The number of nitrogens with one attached hydrogen (secondary N) is 1. The number of amides is 1. The molecule has 5 heteroatoms. The van der Waals surface area contributed by atoms with Crippen molar-refractivity contribution in [3.8, 4) is 0 Å². The highest BCUT2D eigenvalue weighted by Gasteiger charge is 2.34. The fraction of sp³-hybridized carbons (Fsp3) is 0.923. The zero-order chi connectivity index (χ0) is 13.4. The SMILES string of the molecule is CN(C)CCOCCNC(=O)C1(N)CCCCC1. The lowest BCUT2D eigenvalue weighted by Crippen LogP contribution is -2.55. The number of carbonyl (C=O) groups excluding carboxylic acids is 1. The molecule has 1 fully saturated rings. The zero-order valence-electron chi connectivity index (χ0n) is 11.7. The van der Waals surface area contributed by atoms with E-state index in [0.29, 0.717) is 19.8 Å². The molecule has 106 valence electrons. The molecule has 1 amide bonds. The van der Waals surface area contributed by atoms with Crippen LogP contribution in [0, 0.1) is 0 Å². The van der Waals surface area contributed by atoms with E-state index in [2.05, 4.69) is 10.2 Å². The van der Waals surface area contributed by atoms with Gasteiger partial charge in [0.05, 0.1) is 18.8 Å². The van der Waals surface area contributed by atoms with E-state index in [1.165, 1.54) is 6.42 Å². The molecule has 0 bridgehead atoms. The lowest BCUT2D eigenvalue weighted by molar-refractivity contribution is -0.127. The van der Waals surface area contributed by atoms with Gasteiger partial charge in [-0.15, -0.1) is 0 Å². The molecule has 0 spiro atoms. The van der Waals surface area contributed by atoms with Crippen LogP contribution in [0.1, 0.15) is 32.1 Å². The summed E-state index contributed by atoms with van der Waals surface area (Å²) in [6, 6.07) is 0. The fourth-order valence-corrected chi connectivity index (χ4v) is 2.17. The van der Waals surface area contributed by atoms with Gasteiger partial charge in [-0.25, -0.2) is 0 Å². The Morgan fingerprint density at radius 3 is 2.56 bits per heavy atom. The van der Waals surface area contributed by atoms with E-state index in [0.717, 1.165) is 32.2 Å². The summed E-state index contributed by atoms with van der Waals surface area (Å²) in [7, 11) is 4.01. The number of carbonyl (C=O) groups is 1. The van der Waals surface area contributed by atoms with Gasteiger partial charge in [0.1, 0.15) is 0 Å². The van der Waals surface area contributed by atoms with E-state index in [1.807, 2.05) is 14.1 Å². The molecular weight excluding hydrogens is 230 g/mol. The van der Waals surface area contributed by atoms with Crippen molar-refractivity contribution in [2.75, 3.05) is 40.4 Å². The normalized spacial score (nSPS) is 18.9. The van der Waals surface area contributed by atoms with Gasteiger partial charge in [-0.1, -0.05) is 19.3 Å². The van der Waals surface area contributed by atoms with Crippen molar-refractivity contribution in [3.05, 3.63) is 0 Å². The average Bonchev–Trinajstić information content (AvgIpc) is 2.34. The molecule has 1 rings (SSSR count). The Morgan fingerprint density at radius 1 is 1.28 bits per heavy atom. The van der Waals surface area contributed by atoms with Crippen LogP contribution >= 0.6 is 0 Å². The molecule has 0 saturated heterocycles. The molecule has 3 N–H and O–H groups in total. The third kappa shape index (κ3) is 5.33. The highest BCUT2D eigenvalue weighted by Crippen LogP contribution is 2.25. The summed E-state index contributed by atoms with van der Waals surface area (Å²) >= 11 is 0. The van der Waals surface area contributed by atoms with Gasteiger partial charge in [0, 0.05) is 13.1 Å². The van der Waals surface area contributed by atoms with Gasteiger partial charge < -0.3 is 20.7 Å². The van der Waals surface area contributed by atoms with E-state index in [1.54, 1.807) is 0 Å². The molecule has 0 atom stereocenters. The molecule has 5 nitrogen and oxygen atoms in total. The van der Waals surface area contributed by atoms with Crippen molar-refractivity contribution in [3.63, 3.8) is 0 Å². The molecule has 1 saturated carbocycles. The van der Waals surface area contributed by atoms with Gasteiger partial charge in [0.15, 0.2) is 0 Å². The number of ether oxygens (including phenoxy) is 1. The Hall–Kier alpha value is -0.650. The van der Waals surface area contributed by atoms with E-state index < -0.39 is 5.54 Å². The van der Waals surface area contributed by atoms with Gasteiger partial charge in [-0.3, -0.25) is 4.79 Å². The fourth-order valence-electron chi connectivity index (χ4n) is 2.17. The van der Waals surface area contributed by atoms with Crippen LogP contribution in [0.15, 0.2) is 0 Å². The van der Waals surface area contributed by atoms with Crippen LogP contribution in [0.25, 0.3) is 0 Å². The number of hydrogen-bond acceptors (Lipinski definition) is 4. The van der Waals surface area contributed by atoms with Gasteiger partial charge >= 0.3 is 0 Å². The monoisotopic (exact) mass is 257 g/mol. The topological polar surface area (TPSA) is 67.6 Å². The molecule has 0 radical (unpaired) electrons. The number of likely N-dealkylation sites (N-methyl/N-ethyl adjacent to an activating group) is 1. The third-order valence-corrected chi connectivity index (χ3v) is 3.41. The highest BCUT2D eigenvalue weighted by molar-refractivity contribution is 5.86. The molecule has 18 heavy (non-hydrogen) atoms.